The number of ketones is 1. The van der Waals surface area contributed by atoms with Gasteiger partial charge in [-0.05, 0) is 66.7 Å². The molecule has 3 rings (SSSR count). The first-order valence-corrected chi connectivity index (χ1v) is 9.07. The number of carbonyl (C=O) groups excluding carboxylic acids is 2. The summed E-state index contributed by atoms with van der Waals surface area (Å²) in [5.74, 6) is -0.963. The first-order chi connectivity index (χ1) is 13.4. The lowest BCUT2D eigenvalue weighted by Gasteiger charge is -2.03. The zero-order valence-corrected chi connectivity index (χ0v) is 15.7. The fourth-order valence-electron chi connectivity index (χ4n) is 2.36. The fourth-order valence-corrected chi connectivity index (χ4v) is 3.20. The van der Waals surface area contributed by atoms with Crippen molar-refractivity contribution >= 4 is 46.4 Å². The van der Waals surface area contributed by atoms with Crippen LogP contribution in [-0.4, -0.2) is 34.5 Å². The molecule has 2 N–H and O–H groups in total. The highest BCUT2D eigenvalue weighted by molar-refractivity contribution is 8.18. The molecule has 0 aliphatic carbocycles. The van der Waals surface area contributed by atoms with Gasteiger partial charge in [-0.25, -0.2) is 9.79 Å². The number of aliphatic imine (C=N–C) groups is 1. The van der Waals surface area contributed by atoms with E-state index in [0.29, 0.717) is 32.6 Å². The van der Waals surface area contributed by atoms with E-state index in [9.17, 15) is 14.4 Å². The van der Waals surface area contributed by atoms with Crippen molar-refractivity contribution in [1.82, 2.24) is 5.32 Å². The normalized spacial score (nSPS) is 16.2. The molecule has 1 fully saturated rings. The number of ether oxygens (including phenoxy) is 1. The number of Topliss-reactive ketones (excluding diaryl/α,β-unsaturated/α-hetero) is 1. The summed E-state index contributed by atoms with van der Waals surface area (Å²) in [6.07, 6.45) is 1.68. The predicted molar refractivity (Wildman–Crippen MR) is 107 cm³/mol. The van der Waals surface area contributed by atoms with Gasteiger partial charge in [0, 0.05) is 5.56 Å². The van der Waals surface area contributed by atoms with E-state index in [2.05, 4.69) is 10.3 Å². The van der Waals surface area contributed by atoms with Crippen molar-refractivity contribution in [3.8, 4) is 5.75 Å². The van der Waals surface area contributed by atoms with Crippen molar-refractivity contribution in [3.63, 3.8) is 0 Å². The van der Waals surface area contributed by atoms with Crippen molar-refractivity contribution in [3.05, 3.63) is 64.6 Å². The lowest BCUT2D eigenvalue weighted by Crippen LogP contribution is -2.19. The van der Waals surface area contributed by atoms with Crippen LogP contribution in [-0.2, 0) is 9.59 Å². The molecule has 2 aromatic rings. The van der Waals surface area contributed by atoms with E-state index in [0.717, 1.165) is 0 Å². The summed E-state index contributed by atoms with van der Waals surface area (Å²) in [6, 6.07) is 13.6. The van der Waals surface area contributed by atoms with Crippen LogP contribution >= 0.6 is 11.8 Å². The average molecular weight is 396 g/mol. The Bertz CT molecular complexity index is 996. The Morgan fingerprint density at radius 1 is 1.21 bits per heavy atom. The van der Waals surface area contributed by atoms with Gasteiger partial charge in [-0.1, -0.05) is 12.1 Å². The van der Waals surface area contributed by atoms with Gasteiger partial charge in [0.25, 0.3) is 5.91 Å². The molecule has 1 amide bonds. The molecule has 1 heterocycles. The molecule has 0 saturated carbocycles. The standard InChI is InChI=1S/C20H16N2O5S/c1-12(23)14-5-7-15(8-6-14)21-20-22-19(26)17(28-20)10-13-3-2-4-16(9-13)27-11-18(24)25/h2-10H,11H2,1H3,(H,24,25)(H,21,22,26)/b17-10+. The summed E-state index contributed by atoms with van der Waals surface area (Å²) in [7, 11) is 0. The van der Waals surface area contributed by atoms with Crippen LogP contribution < -0.4 is 10.1 Å². The van der Waals surface area contributed by atoms with Gasteiger partial charge in [-0.2, -0.15) is 0 Å². The number of hydrogen-bond donors (Lipinski definition) is 2. The van der Waals surface area contributed by atoms with E-state index in [1.165, 1.54) is 18.7 Å². The van der Waals surface area contributed by atoms with Crippen LogP contribution in [0.25, 0.3) is 6.08 Å². The average Bonchev–Trinajstić information content (AvgIpc) is 2.99. The van der Waals surface area contributed by atoms with Crippen LogP contribution in [0.2, 0.25) is 0 Å². The summed E-state index contributed by atoms with van der Waals surface area (Å²) in [5.41, 5.74) is 1.92. The smallest absolute Gasteiger partial charge is 0.341 e. The summed E-state index contributed by atoms with van der Waals surface area (Å²) in [6.45, 7) is 1.06. The van der Waals surface area contributed by atoms with Gasteiger partial charge in [0.05, 0.1) is 10.6 Å². The Hall–Kier alpha value is -3.39. The molecule has 0 bridgehead atoms. The second kappa shape index (κ2) is 8.53. The van der Waals surface area contributed by atoms with Crippen LogP contribution in [0.5, 0.6) is 5.75 Å². The summed E-state index contributed by atoms with van der Waals surface area (Å²) in [5, 5.41) is 11.8. The van der Waals surface area contributed by atoms with E-state index in [1.54, 1.807) is 54.6 Å². The summed E-state index contributed by atoms with van der Waals surface area (Å²) in [4.78, 5) is 38.9. The number of carboxylic acid groups (broad SMARTS) is 1. The SMILES string of the molecule is CC(=O)c1ccc(N=C2NC(=O)/C(=C\c3cccc(OCC(=O)O)c3)S2)cc1. The van der Waals surface area contributed by atoms with Crippen LogP contribution in [0.1, 0.15) is 22.8 Å². The largest absolute Gasteiger partial charge is 0.482 e. The number of benzene rings is 2. The molecule has 0 spiro atoms. The number of rotatable bonds is 6. The molecule has 28 heavy (non-hydrogen) atoms. The maximum atomic E-state index is 12.2. The second-order valence-corrected chi connectivity index (χ2v) is 6.87. The van der Waals surface area contributed by atoms with Gasteiger partial charge in [0.2, 0.25) is 0 Å². The first kappa shape index (κ1) is 19.4. The molecule has 7 nitrogen and oxygen atoms in total. The highest BCUT2D eigenvalue weighted by Gasteiger charge is 2.23. The zero-order valence-electron chi connectivity index (χ0n) is 14.8. The summed E-state index contributed by atoms with van der Waals surface area (Å²) < 4.78 is 5.14. The third-order valence-corrected chi connectivity index (χ3v) is 4.58. The third-order valence-electron chi connectivity index (χ3n) is 3.67. The number of carboxylic acids is 1. The van der Waals surface area contributed by atoms with E-state index >= 15 is 0 Å². The molecule has 0 unspecified atom stereocenters. The zero-order chi connectivity index (χ0) is 20.1. The van der Waals surface area contributed by atoms with E-state index in [4.69, 9.17) is 9.84 Å². The Balaban J connectivity index is 1.74. The molecule has 0 atom stereocenters. The minimum absolute atomic E-state index is 0.0254. The highest BCUT2D eigenvalue weighted by Crippen LogP contribution is 2.28. The summed E-state index contributed by atoms with van der Waals surface area (Å²) >= 11 is 1.19. The highest BCUT2D eigenvalue weighted by atomic mass is 32.2. The lowest BCUT2D eigenvalue weighted by atomic mass is 10.1. The minimum Gasteiger partial charge on any atom is -0.482 e. The second-order valence-electron chi connectivity index (χ2n) is 5.84. The molecule has 0 aromatic heterocycles. The van der Waals surface area contributed by atoms with Crippen LogP contribution in [0, 0.1) is 0 Å². The monoisotopic (exact) mass is 396 g/mol. The van der Waals surface area contributed by atoms with Crippen molar-refractivity contribution < 1.29 is 24.2 Å². The maximum Gasteiger partial charge on any atom is 0.341 e. The van der Waals surface area contributed by atoms with Gasteiger partial charge in [0.1, 0.15) is 5.75 Å². The number of carbonyl (C=O) groups is 3. The first-order valence-electron chi connectivity index (χ1n) is 8.26. The van der Waals surface area contributed by atoms with Crippen LogP contribution in [0.4, 0.5) is 5.69 Å². The number of hydrogen-bond acceptors (Lipinski definition) is 6. The Morgan fingerprint density at radius 2 is 1.96 bits per heavy atom. The Labute approximate surface area is 165 Å². The van der Waals surface area contributed by atoms with Gasteiger partial charge in [-0.3, -0.25) is 9.59 Å². The van der Waals surface area contributed by atoms with Crippen molar-refractivity contribution in [2.45, 2.75) is 6.92 Å². The molecule has 1 saturated heterocycles. The van der Waals surface area contributed by atoms with Crippen LogP contribution in [0.3, 0.4) is 0 Å². The third kappa shape index (κ3) is 5.08. The Morgan fingerprint density at radius 3 is 2.64 bits per heavy atom. The topological polar surface area (TPSA) is 105 Å². The minimum atomic E-state index is -1.06. The molecular weight excluding hydrogens is 380 g/mol. The number of nitrogens with zero attached hydrogens (tertiary/aromatic N) is 1. The Kier molecular flexibility index (Phi) is 5.90. The fraction of sp³-hybridized carbons (Fsp3) is 0.100. The van der Waals surface area contributed by atoms with Gasteiger partial charge in [-0.15, -0.1) is 0 Å². The maximum absolute atomic E-state index is 12.2. The lowest BCUT2D eigenvalue weighted by molar-refractivity contribution is -0.139. The number of amides is 1. The van der Waals surface area contributed by atoms with Crippen molar-refractivity contribution in [2.24, 2.45) is 4.99 Å². The van der Waals surface area contributed by atoms with Gasteiger partial charge >= 0.3 is 5.97 Å². The van der Waals surface area contributed by atoms with Crippen molar-refractivity contribution in [2.75, 3.05) is 6.61 Å². The van der Waals surface area contributed by atoms with E-state index in [-0.39, 0.29) is 11.7 Å². The molecule has 0 radical (unpaired) electrons. The molecule has 8 heteroatoms. The van der Waals surface area contributed by atoms with Gasteiger partial charge in [0.15, 0.2) is 17.6 Å². The predicted octanol–water partition coefficient (Wildman–Crippen LogP) is 3.24. The number of thioether (sulfide) groups is 1. The van der Waals surface area contributed by atoms with E-state index in [1.807, 2.05) is 0 Å². The number of amidine groups is 1. The number of aliphatic carboxylic acids is 1. The quantitative estimate of drug-likeness (QED) is 0.574. The molecule has 1 aliphatic rings. The van der Waals surface area contributed by atoms with Crippen LogP contribution in [0.15, 0.2) is 58.4 Å². The number of nitrogens with one attached hydrogen (secondary N) is 1. The van der Waals surface area contributed by atoms with Crippen molar-refractivity contribution in [1.29, 1.82) is 0 Å². The van der Waals surface area contributed by atoms with Gasteiger partial charge < -0.3 is 15.2 Å². The molecule has 1 aliphatic heterocycles. The molecular formula is C20H16N2O5S. The molecule has 142 valence electrons. The van der Waals surface area contributed by atoms with E-state index < -0.39 is 12.6 Å². The molecule has 2 aromatic carbocycles.